The van der Waals surface area contributed by atoms with Crippen molar-refractivity contribution in [3.8, 4) is 5.75 Å². The van der Waals surface area contributed by atoms with E-state index >= 15 is 0 Å². The third-order valence-corrected chi connectivity index (χ3v) is 5.87. The van der Waals surface area contributed by atoms with Crippen molar-refractivity contribution in [2.75, 3.05) is 0 Å². The Balaban J connectivity index is 2.15. The van der Waals surface area contributed by atoms with Gasteiger partial charge in [-0.05, 0) is 51.2 Å². The molecule has 0 aliphatic heterocycles. The molecular weight excluding hydrogens is 358 g/mol. The molecule has 0 bridgehead atoms. The molecule has 0 fully saturated rings. The molecule has 0 aromatic heterocycles. The van der Waals surface area contributed by atoms with Crippen molar-refractivity contribution in [2.45, 2.75) is 116 Å². The molecule has 0 saturated heterocycles. The minimum atomic E-state index is -0.192. The predicted molar refractivity (Wildman–Crippen MR) is 124 cm³/mol. The van der Waals surface area contributed by atoms with Gasteiger partial charge in [-0.3, -0.25) is 4.79 Å². The smallest absolute Gasteiger partial charge is 0.311 e. The van der Waals surface area contributed by atoms with Gasteiger partial charge in [0.05, 0.1) is 0 Å². The molecule has 3 nitrogen and oxygen atoms in total. The molecule has 166 valence electrons. The van der Waals surface area contributed by atoms with E-state index in [-0.39, 0.29) is 11.5 Å². The summed E-state index contributed by atoms with van der Waals surface area (Å²) in [4.78, 5) is 12.0. The summed E-state index contributed by atoms with van der Waals surface area (Å²) in [6.07, 6.45) is 17.0. The van der Waals surface area contributed by atoms with Gasteiger partial charge >= 0.3 is 5.97 Å². The van der Waals surface area contributed by atoms with Crippen LogP contribution in [0.1, 0.15) is 111 Å². The Morgan fingerprint density at radius 3 is 1.93 bits per heavy atom. The van der Waals surface area contributed by atoms with Crippen LogP contribution >= 0.6 is 0 Å². The summed E-state index contributed by atoms with van der Waals surface area (Å²) >= 11 is 0. The van der Waals surface area contributed by atoms with E-state index in [1.165, 1.54) is 64.2 Å². The molecule has 0 heterocycles. The van der Waals surface area contributed by atoms with Gasteiger partial charge in [0.1, 0.15) is 5.75 Å². The minimum absolute atomic E-state index is 0.149. The molecule has 1 unspecified atom stereocenters. The Kier molecular flexibility index (Phi) is 13.7. The van der Waals surface area contributed by atoms with E-state index in [9.17, 15) is 4.79 Å². The summed E-state index contributed by atoms with van der Waals surface area (Å²) in [5.74, 6) is 0.934. The van der Waals surface area contributed by atoms with Crippen molar-refractivity contribution in [3.63, 3.8) is 0 Å². The third kappa shape index (κ3) is 13.5. The normalized spacial score (nSPS) is 12.7. The quantitative estimate of drug-likeness (QED) is 0.167. The molecule has 2 N–H and O–H groups in total. The van der Waals surface area contributed by atoms with E-state index in [1.54, 1.807) is 0 Å². The number of carbonyl (C=O) groups is 1. The summed E-state index contributed by atoms with van der Waals surface area (Å²) in [6.45, 7) is 6.51. The summed E-state index contributed by atoms with van der Waals surface area (Å²) in [5.41, 5.74) is 6.23. The largest absolute Gasteiger partial charge is 0.427 e. The average Bonchev–Trinajstić information content (AvgIpc) is 2.68. The highest BCUT2D eigenvalue weighted by atomic mass is 16.5. The second-order valence-corrected chi connectivity index (χ2v) is 9.17. The van der Waals surface area contributed by atoms with Crippen LogP contribution < -0.4 is 10.5 Å². The Bertz CT molecular complexity index is 521. The lowest BCUT2D eigenvalue weighted by molar-refractivity contribution is -0.134. The lowest BCUT2D eigenvalue weighted by Gasteiger charge is -2.31. The fourth-order valence-corrected chi connectivity index (χ4v) is 3.93. The molecule has 29 heavy (non-hydrogen) atoms. The van der Waals surface area contributed by atoms with Crippen LogP contribution in [0.4, 0.5) is 0 Å². The van der Waals surface area contributed by atoms with Gasteiger partial charge in [-0.2, -0.15) is 0 Å². The molecule has 0 radical (unpaired) electrons. The molecule has 0 aliphatic rings. The Morgan fingerprint density at radius 1 is 0.862 bits per heavy atom. The van der Waals surface area contributed by atoms with Gasteiger partial charge in [-0.25, -0.2) is 0 Å². The van der Waals surface area contributed by atoms with Crippen molar-refractivity contribution in [1.29, 1.82) is 0 Å². The van der Waals surface area contributed by atoms with Crippen LogP contribution in [-0.4, -0.2) is 11.5 Å². The zero-order valence-corrected chi connectivity index (χ0v) is 19.3. The lowest BCUT2D eigenvalue weighted by Crippen LogP contribution is -2.41. The van der Waals surface area contributed by atoms with E-state index in [0.717, 1.165) is 19.3 Å². The number of para-hydroxylation sites is 1. The molecule has 1 rings (SSSR count). The zero-order valence-electron chi connectivity index (χ0n) is 19.3. The number of hydrogen-bond donors (Lipinski definition) is 1. The number of esters is 1. The molecule has 1 aromatic rings. The van der Waals surface area contributed by atoms with Gasteiger partial charge in [0, 0.05) is 12.0 Å². The fraction of sp³-hybridized carbons (Fsp3) is 0.731. The number of ether oxygens (including phenoxy) is 1. The van der Waals surface area contributed by atoms with Crippen molar-refractivity contribution < 1.29 is 9.53 Å². The number of benzene rings is 1. The molecular formula is C26H45NO2. The van der Waals surface area contributed by atoms with Crippen molar-refractivity contribution in [3.05, 3.63) is 30.3 Å². The topological polar surface area (TPSA) is 52.3 Å². The van der Waals surface area contributed by atoms with Gasteiger partial charge in [0.2, 0.25) is 0 Å². The van der Waals surface area contributed by atoms with Gasteiger partial charge in [-0.15, -0.1) is 0 Å². The highest BCUT2D eigenvalue weighted by Crippen LogP contribution is 2.27. The van der Waals surface area contributed by atoms with Crippen molar-refractivity contribution in [1.82, 2.24) is 0 Å². The van der Waals surface area contributed by atoms with Gasteiger partial charge in [0.15, 0.2) is 0 Å². The molecule has 0 amide bonds. The first kappa shape index (κ1) is 25.7. The predicted octanol–water partition coefficient (Wildman–Crippen LogP) is 7.43. The molecule has 0 aliphatic carbocycles. The first-order chi connectivity index (χ1) is 13.9. The number of unbranched alkanes of at least 4 members (excludes halogenated alkanes) is 9. The maximum Gasteiger partial charge on any atom is 0.311 e. The lowest BCUT2D eigenvalue weighted by atomic mass is 9.81. The number of carbonyl (C=O) groups excluding carboxylic acids is 1. The molecule has 3 heteroatoms. The maximum absolute atomic E-state index is 12.0. The van der Waals surface area contributed by atoms with Crippen molar-refractivity contribution in [2.24, 2.45) is 11.7 Å². The Morgan fingerprint density at radius 2 is 1.38 bits per heavy atom. The van der Waals surface area contributed by atoms with Crippen LogP contribution in [-0.2, 0) is 4.79 Å². The number of hydrogen-bond acceptors (Lipinski definition) is 3. The monoisotopic (exact) mass is 403 g/mol. The summed E-state index contributed by atoms with van der Waals surface area (Å²) < 4.78 is 5.38. The fourth-order valence-electron chi connectivity index (χ4n) is 3.93. The zero-order chi connectivity index (χ0) is 21.4. The highest BCUT2D eigenvalue weighted by Gasteiger charge is 2.24. The van der Waals surface area contributed by atoms with Crippen LogP contribution in [0.3, 0.4) is 0 Å². The van der Waals surface area contributed by atoms with E-state index in [1.807, 2.05) is 30.3 Å². The van der Waals surface area contributed by atoms with E-state index in [0.29, 0.717) is 18.1 Å². The second-order valence-electron chi connectivity index (χ2n) is 9.17. The SMILES string of the molecule is CCCCCCCCCCCCC(CCCC(=O)Oc1ccccc1)C(C)(C)N. The first-order valence-corrected chi connectivity index (χ1v) is 12.0. The van der Waals surface area contributed by atoms with Crippen LogP contribution in [0.25, 0.3) is 0 Å². The minimum Gasteiger partial charge on any atom is -0.427 e. The maximum atomic E-state index is 12.0. The molecule has 1 aromatic carbocycles. The van der Waals surface area contributed by atoms with E-state index in [2.05, 4.69) is 20.8 Å². The Labute approximate surface area is 179 Å². The number of nitrogens with two attached hydrogens (primary N) is 1. The standard InChI is InChI=1S/C26H45NO2/c1-4-5-6-7-8-9-10-11-12-14-18-23(26(2,3)27)19-17-22-25(28)29-24-20-15-13-16-21-24/h13,15-16,20-21,23H,4-12,14,17-19,22,27H2,1-3H3. The Hall–Kier alpha value is -1.35. The average molecular weight is 404 g/mol. The van der Waals surface area contributed by atoms with Crippen LogP contribution in [0.2, 0.25) is 0 Å². The summed E-state index contributed by atoms with van der Waals surface area (Å²) in [5, 5.41) is 0. The van der Waals surface area contributed by atoms with Crippen molar-refractivity contribution >= 4 is 5.97 Å². The second kappa shape index (κ2) is 15.5. The number of rotatable bonds is 17. The molecule has 0 saturated carbocycles. The van der Waals surface area contributed by atoms with Crippen LogP contribution in [0, 0.1) is 5.92 Å². The third-order valence-electron chi connectivity index (χ3n) is 5.87. The van der Waals surface area contributed by atoms with E-state index in [4.69, 9.17) is 10.5 Å². The molecule has 1 atom stereocenters. The van der Waals surface area contributed by atoms with Crippen LogP contribution in [0.15, 0.2) is 30.3 Å². The summed E-state index contributed by atoms with van der Waals surface area (Å²) in [7, 11) is 0. The van der Waals surface area contributed by atoms with Gasteiger partial charge in [0.25, 0.3) is 0 Å². The van der Waals surface area contributed by atoms with Gasteiger partial charge in [-0.1, -0.05) is 89.3 Å². The first-order valence-electron chi connectivity index (χ1n) is 12.0. The van der Waals surface area contributed by atoms with Gasteiger partial charge < -0.3 is 10.5 Å². The highest BCUT2D eigenvalue weighted by molar-refractivity contribution is 5.72. The molecule has 0 spiro atoms. The van der Waals surface area contributed by atoms with E-state index < -0.39 is 0 Å². The van der Waals surface area contributed by atoms with Crippen LogP contribution in [0.5, 0.6) is 5.75 Å². The summed E-state index contributed by atoms with van der Waals surface area (Å²) in [6, 6.07) is 9.30.